The number of carbonyl (C=O) groups is 4. The van der Waals surface area contributed by atoms with Crippen molar-refractivity contribution < 1.29 is 80.2 Å². The number of phosphoric ester groups is 2. The predicted octanol–water partition coefficient (Wildman–Crippen LogP) is 18.7. The van der Waals surface area contributed by atoms with E-state index in [0.29, 0.717) is 25.7 Å². The number of ether oxygens (including phenoxy) is 4. The molecule has 0 fully saturated rings. The van der Waals surface area contributed by atoms with E-state index in [9.17, 15) is 43.2 Å². The summed E-state index contributed by atoms with van der Waals surface area (Å²) in [5, 5.41) is 10.6. The van der Waals surface area contributed by atoms with Crippen molar-refractivity contribution >= 4 is 39.5 Å². The summed E-state index contributed by atoms with van der Waals surface area (Å²) in [4.78, 5) is 72.4. The molecule has 0 aliphatic rings. The average molecular weight is 1270 g/mol. The Morgan fingerprint density at radius 2 is 0.593 bits per heavy atom. The van der Waals surface area contributed by atoms with Crippen molar-refractivity contribution in [1.29, 1.82) is 0 Å². The van der Waals surface area contributed by atoms with E-state index in [1.807, 2.05) is 0 Å². The molecule has 0 aromatic carbocycles. The van der Waals surface area contributed by atoms with Gasteiger partial charge in [-0.3, -0.25) is 37.3 Å². The van der Waals surface area contributed by atoms with Crippen molar-refractivity contribution in [2.24, 2.45) is 17.8 Å². The first-order valence-corrected chi connectivity index (χ1v) is 37.9. The Labute approximate surface area is 524 Å². The number of esters is 4. The third-order valence-corrected chi connectivity index (χ3v) is 18.0. The Hall–Kier alpha value is -1.94. The van der Waals surface area contributed by atoms with E-state index in [-0.39, 0.29) is 25.7 Å². The second-order valence-electron chi connectivity index (χ2n) is 25.2. The maximum atomic E-state index is 13.0. The summed E-state index contributed by atoms with van der Waals surface area (Å²) in [7, 11) is -9.90. The minimum absolute atomic E-state index is 0.102. The number of hydrogen-bond acceptors (Lipinski definition) is 15. The smallest absolute Gasteiger partial charge is 0.462 e. The van der Waals surface area contributed by atoms with Gasteiger partial charge >= 0.3 is 39.5 Å². The summed E-state index contributed by atoms with van der Waals surface area (Å²) >= 11 is 0. The predicted molar refractivity (Wildman–Crippen MR) is 344 cm³/mol. The third kappa shape index (κ3) is 58.4. The number of carbonyl (C=O) groups excluding carboxylic acids is 4. The zero-order valence-corrected chi connectivity index (χ0v) is 57.6. The minimum Gasteiger partial charge on any atom is -0.462 e. The molecule has 0 saturated carbocycles. The number of hydrogen-bond donors (Lipinski definition) is 3. The van der Waals surface area contributed by atoms with Crippen molar-refractivity contribution in [3.8, 4) is 0 Å². The molecule has 0 bridgehead atoms. The standard InChI is InChI=1S/C67H130O17P2/c1-8-11-12-13-14-15-16-17-18-22-25-34-41-48-64(69)77-54-62(83-66(71)50-43-36-26-23-20-19-21-24-31-38-45-58(4)5)56-81-85(73,74)79-52-61(68)53-80-86(75,76)82-57-63(84-67(72)51-44-37-30-28-33-40-47-60(7)10-3)55-78-65(70)49-42-35-29-27-32-39-46-59(6)9-2/h58-63,68H,8-57H2,1-7H3,(H,73,74)(H,75,76)/t59?,60?,61-,62-,63-/m1/s1. The molecule has 0 spiro atoms. The van der Waals surface area contributed by atoms with Gasteiger partial charge in [0.15, 0.2) is 12.2 Å². The third-order valence-electron chi connectivity index (χ3n) is 16.1. The van der Waals surface area contributed by atoms with Crippen LogP contribution >= 0.6 is 15.6 Å². The van der Waals surface area contributed by atoms with E-state index in [2.05, 4.69) is 48.5 Å². The lowest BCUT2D eigenvalue weighted by Gasteiger charge is -2.21. The highest BCUT2D eigenvalue weighted by Crippen LogP contribution is 2.45. The SMILES string of the molecule is CCCCCCCCCCCCCCCC(=O)OC[C@H](COP(=O)(O)OC[C@@H](O)COP(=O)(O)OC[C@@H](COC(=O)CCCCCCCCC(C)CC)OC(=O)CCCCCCCCC(C)CC)OC(=O)CCCCCCCCCCCCC(C)C. The first-order valence-electron chi connectivity index (χ1n) is 34.9. The van der Waals surface area contributed by atoms with Gasteiger partial charge in [0.05, 0.1) is 26.4 Å². The molecule has 4 unspecified atom stereocenters. The average Bonchev–Trinajstić information content (AvgIpc) is 3.57. The van der Waals surface area contributed by atoms with Crippen LogP contribution < -0.4 is 0 Å². The van der Waals surface area contributed by atoms with Crippen molar-refractivity contribution in [3.05, 3.63) is 0 Å². The van der Waals surface area contributed by atoms with Gasteiger partial charge in [-0.1, -0.05) is 280 Å². The van der Waals surface area contributed by atoms with Crippen LogP contribution in [0.25, 0.3) is 0 Å². The zero-order chi connectivity index (χ0) is 63.8. The van der Waals surface area contributed by atoms with Gasteiger partial charge in [-0.2, -0.15) is 0 Å². The second-order valence-corrected chi connectivity index (χ2v) is 28.1. The first-order chi connectivity index (χ1) is 41.3. The summed E-state index contributed by atoms with van der Waals surface area (Å²) in [5.41, 5.74) is 0. The number of aliphatic hydroxyl groups excluding tert-OH is 1. The molecule has 0 rings (SSSR count). The van der Waals surface area contributed by atoms with Crippen LogP contribution in [-0.4, -0.2) is 96.7 Å². The van der Waals surface area contributed by atoms with Crippen LogP contribution in [0, 0.1) is 17.8 Å². The van der Waals surface area contributed by atoms with Gasteiger partial charge in [0.1, 0.15) is 19.3 Å². The quantitative estimate of drug-likeness (QED) is 0.0222. The van der Waals surface area contributed by atoms with E-state index < -0.39 is 97.5 Å². The molecule has 0 aromatic rings. The summed E-state index contributed by atoms with van der Waals surface area (Å²) < 4.78 is 68.1. The second kappa shape index (κ2) is 58.2. The molecule has 0 heterocycles. The van der Waals surface area contributed by atoms with Crippen LogP contribution in [0.15, 0.2) is 0 Å². The first kappa shape index (κ1) is 84.1. The highest BCUT2D eigenvalue weighted by molar-refractivity contribution is 7.47. The molecule has 0 aromatic heterocycles. The molecule has 0 aliphatic heterocycles. The van der Waals surface area contributed by atoms with Crippen LogP contribution in [0.2, 0.25) is 0 Å². The molecule has 510 valence electrons. The van der Waals surface area contributed by atoms with Gasteiger partial charge in [-0.25, -0.2) is 9.13 Å². The van der Waals surface area contributed by atoms with Crippen molar-refractivity contribution in [1.82, 2.24) is 0 Å². The van der Waals surface area contributed by atoms with Gasteiger partial charge < -0.3 is 33.8 Å². The van der Waals surface area contributed by atoms with Crippen molar-refractivity contribution in [2.45, 2.75) is 349 Å². The molecule has 0 aliphatic carbocycles. The van der Waals surface area contributed by atoms with E-state index >= 15 is 0 Å². The molecule has 3 N–H and O–H groups in total. The largest absolute Gasteiger partial charge is 0.472 e. The van der Waals surface area contributed by atoms with Crippen LogP contribution in [0.4, 0.5) is 0 Å². The Morgan fingerprint density at radius 1 is 0.337 bits per heavy atom. The lowest BCUT2D eigenvalue weighted by Crippen LogP contribution is -2.30. The van der Waals surface area contributed by atoms with Crippen molar-refractivity contribution in [2.75, 3.05) is 39.6 Å². The van der Waals surface area contributed by atoms with Crippen LogP contribution in [0.1, 0.15) is 331 Å². The van der Waals surface area contributed by atoms with Gasteiger partial charge in [0, 0.05) is 25.7 Å². The summed E-state index contributed by atoms with van der Waals surface area (Å²) in [6.45, 7) is 11.7. The topological polar surface area (TPSA) is 237 Å². The fourth-order valence-electron chi connectivity index (χ4n) is 9.95. The molecular weight excluding hydrogens is 1140 g/mol. The van der Waals surface area contributed by atoms with Gasteiger partial charge in [-0.15, -0.1) is 0 Å². The molecular formula is C67H130O17P2. The molecule has 0 radical (unpaired) electrons. The van der Waals surface area contributed by atoms with Crippen LogP contribution in [0.5, 0.6) is 0 Å². The highest BCUT2D eigenvalue weighted by atomic mass is 31.2. The fraction of sp³-hybridized carbons (Fsp3) is 0.940. The Balaban J connectivity index is 5.26. The van der Waals surface area contributed by atoms with E-state index in [1.54, 1.807) is 0 Å². The molecule has 7 atom stereocenters. The van der Waals surface area contributed by atoms with Crippen LogP contribution in [-0.2, 0) is 65.4 Å². The summed E-state index contributed by atoms with van der Waals surface area (Å²) in [6.07, 6.45) is 40.3. The molecule has 19 heteroatoms. The fourth-order valence-corrected chi connectivity index (χ4v) is 11.5. The van der Waals surface area contributed by atoms with E-state index in [0.717, 1.165) is 114 Å². The highest BCUT2D eigenvalue weighted by Gasteiger charge is 2.30. The Morgan fingerprint density at radius 3 is 0.884 bits per heavy atom. The Bertz CT molecular complexity index is 1700. The number of unbranched alkanes of at least 4 members (excludes halogenated alkanes) is 31. The normalized spacial score (nSPS) is 14.9. The molecule has 17 nitrogen and oxygen atoms in total. The minimum atomic E-state index is -4.95. The number of aliphatic hydroxyl groups is 1. The zero-order valence-electron chi connectivity index (χ0n) is 55.8. The number of rotatable bonds is 65. The maximum Gasteiger partial charge on any atom is 0.472 e. The summed E-state index contributed by atoms with van der Waals surface area (Å²) in [5.74, 6) is 0.0693. The maximum absolute atomic E-state index is 13.0. The lowest BCUT2D eigenvalue weighted by atomic mass is 10.00. The van der Waals surface area contributed by atoms with Crippen LogP contribution in [0.3, 0.4) is 0 Å². The Kier molecular flexibility index (Phi) is 56.9. The number of phosphoric acid groups is 2. The van der Waals surface area contributed by atoms with Crippen molar-refractivity contribution in [3.63, 3.8) is 0 Å². The monoisotopic (exact) mass is 1270 g/mol. The van der Waals surface area contributed by atoms with E-state index in [4.69, 9.17) is 37.0 Å². The molecule has 0 amide bonds. The van der Waals surface area contributed by atoms with Gasteiger partial charge in [0.2, 0.25) is 0 Å². The molecule has 86 heavy (non-hydrogen) atoms. The molecule has 0 saturated heterocycles. The van der Waals surface area contributed by atoms with E-state index in [1.165, 1.54) is 135 Å². The summed E-state index contributed by atoms with van der Waals surface area (Å²) in [6, 6.07) is 0. The van der Waals surface area contributed by atoms with Gasteiger partial charge in [-0.05, 0) is 43.4 Å². The lowest BCUT2D eigenvalue weighted by molar-refractivity contribution is -0.161. The van der Waals surface area contributed by atoms with Gasteiger partial charge in [0.25, 0.3) is 0 Å².